The van der Waals surface area contributed by atoms with E-state index in [1.54, 1.807) is 0 Å². The molecule has 2 rings (SSSR count). The number of halogens is 3. The number of hydrogen-bond donors (Lipinski definition) is 2. The normalized spacial score (nSPS) is 13.5. The Labute approximate surface area is 153 Å². The van der Waals surface area contributed by atoms with Crippen LogP contribution in [0.1, 0.15) is 24.3 Å². The van der Waals surface area contributed by atoms with E-state index < -0.39 is 22.1 Å². The fourth-order valence-corrected chi connectivity index (χ4v) is 4.20. The van der Waals surface area contributed by atoms with Crippen molar-refractivity contribution in [2.75, 3.05) is 13.2 Å². The van der Waals surface area contributed by atoms with Crippen LogP contribution in [0.4, 0.5) is 13.2 Å². The van der Waals surface area contributed by atoms with Gasteiger partial charge in [-0.15, -0.1) is 13.2 Å². The second kappa shape index (κ2) is 8.85. The van der Waals surface area contributed by atoms with E-state index >= 15 is 0 Å². The molecule has 26 heavy (non-hydrogen) atoms. The standard InChI is InChI=1S/C16H18F3NO4S2/c17-16(18,19)24-14-1-3-15(4-2-14)26(22,23)20-8-5-12(6-9-21)13-7-10-25-11-13/h1-4,7,10-12,20-21H,5-6,8-9H2/t12-/m0/s1. The van der Waals surface area contributed by atoms with Crippen LogP contribution in [-0.4, -0.2) is 33.0 Å². The predicted octanol–water partition coefficient (Wildman–Crippen LogP) is 3.48. The number of rotatable bonds is 9. The van der Waals surface area contributed by atoms with Crippen molar-refractivity contribution >= 4 is 21.4 Å². The summed E-state index contributed by atoms with van der Waals surface area (Å²) >= 11 is 1.52. The van der Waals surface area contributed by atoms with Gasteiger partial charge in [-0.05, 0) is 65.4 Å². The first-order valence-corrected chi connectivity index (χ1v) is 10.1. The SMILES string of the molecule is O=S(=O)(NCC[C@@H](CCO)c1ccsc1)c1ccc(OC(F)(F)F)cc1. The van der Waals surface area contributed by atoms with Crippen molar-refractivity contribution in [1.29, 1.82) is 0 Å². The van der Waals surface area contributed by atoms with Gasteiger partial charge < -0.3 is 9.84 Å². The summed E-state index contributed by atoms with van der Waals surface area (Å²) in [6, 6.07) is 5.92. The van der Waals surface area contributed by atoms with Gasteiger partial charge in [-0.25, -0.2) is 13.1 Å². The van der Waals surface area contributed by atoms with E-state index in [-0.39, 0.29) is 24.0 Å². The molecule has 0 bridgehead atoms. The quantitative estimate of drug-likeness (QED) is 0.665. The van der Waals surface area contributed by atoms with Crippen LogP contribution in [0.15, 0.2) is 46.0 Å². The van der Waals surface area contributed by atoms with Crippen molar-refractivity contribution in [2.24, 2.45) is 0 Å². The summed E-state index contributed by atoms with van der Waals surface area (Å²) in [7, 11) is -3.85. The summed E-state index contributed by atoms with van der Waals surface area (Å²) in [5.41, 5.74) is 1.04. The summed E-state index contributed by atoms with van der Waals surface area (Å²) in [5.74, 6) is -0.464. The Hall–Kier alpha value is -1.62. The summed E-state index contributed by atoms with van der Waals surface area (Å²) in [6.07, 6.45) is -3.82. The third kappa shape index (κ3) is 6.27. The van der Waals surface area contributed by atoms with Crippen molar-refractivity contribution in [3.8, 4) is 5.75 Å². The average Bonchev–Trinajstić information content (AvgIpc) is 3.07. The van der Waals surface area contributed by atoms with Gasteiger partial charge in [0.05, 0.1) is 4.90 Å². The zero-order valence-electron chi connectivity index (χ0n) is 13.6. The molecule has 144 valence electrons. The molecule has 2 aromatic rings. The molecule has 0 spiro atoms. The van der Waals surface area contributed by atoms with E-state index in [4.69, 9.17) is 5.11 Å². The smallest absolute Gasteiger partial charge is 0.406 e. The topological polar surface area (TPSA) is 75.6 Å². The first-order chi connectivity index (χ1) is 12.2. The molecule has 2 N–H and O–H groups in total. The first kappa shape index (κ1) is 20.7. The summed E-state index contributed by atoms with van der Waals surface area (Å²) < 4.78 is 67.0. The maximum atomic E-state index is 12.2. The van der Waals surface area contributed by atoms with E-state index in [1.165, 1.54) is 11.3 Å². The van der Waals surface area contributed by atoms with Crippen molar-refractivity contribution < 1.29 is 31.4 Å². The lowest BCUT2D eigenvalue weighted by molar-refractivity contribution is -0.274. The van der Waals surface area contributed by atoms with Crippen molar-refractivity contribution in [3.63, 3.8) is 0 Å². The number of aliphatic hydroxyl groups excluding tert-OH is 1. The number of aliphatic hydroxyl groups is 1. The van der Waals surface area contributed by atoms with Crippen LogP contribution < -0.4 is 9.46 Å². The Bertz CT molecular complexity index is 775. The van der Waals surface area contributed by atoms with Crippen molar-refractivity contribution in [1.82, 2.24) is 4.72 Å². The minimum atomic E-state index is -4.83. The van der Waals surface area contributed by atoms with E-state index in [9.17, 15) is 21.6 Å². The van der Waals surface area contributed by atoms with E-state index in [1.807, 2.05) is 16.8 Å². The van der Waals surface area contributed by atoms with Crippen molar-refractivity contribution in [3.05, 3.63) is 46.7 Å². The molecule has 0 unspecified atom stereocenters. The minimum Gasteiger partial charge on any atom is -0.406 e. The highest BCUT2D eigenvalue weighted by molar-refractivity contribution is 7.89. The molecule has 0 saturated carbocycles. The summed E-state index contributed by atoms with van der Waals surface area (Å²) in [4.78, 5) is -0.152. The van der Waals surface area contributed by atoms with Gasteiger partial charge in [0.25, 0.3) is 0 Å². The van der Waals surface area contributed by atoms with Crippen LogP contribution in [-0.2, 0) is 10.0 Å². The Morgan fingerprint density at radius 1 is 1.15 bits per heavy atom. The third-order valence-electron chi connectivity index (χ3n) is 3.64. The molecule has 0 aliphatic rings. The molecule has 0 saturated heterocycles. The second-order valence-corrected chi connectivity index (χ2v) is 8.02. The van der Waals surface area contributed by atoms with Gasteiger partial charge in [0.1, 0.15) is 5.75 Å². The lowest BCUT2D eigenvalue weighted by Crippen LogP contribution is -2.26. The number of benzene rings is 1. The Kier molecular flexibility index (Phi) is 7.04. The Morgan fingerprint density at radius 3 is 2.38 bits per heavy atom. The fourth-order valence-electron chi connectivity index (χ4n) is 2.41. The highest BCUT2D eigenvalue weighted by Gasteiger charge is 2.31. The number of nitrogens with one attached hydrogen (secondary N) is 1. The Morgan fingerprint density at radius 2 is 1.85 bits per heavy atom. The lowest BCUT2D eigenvalue weighted by atomic mass is 9.95. The monoisotopic (exact) mass is 409 g/mol. The van der Waals surface area contributed by atoms with E-state index in [2.05, 4.69) is 9.46 Å². The molecule has 1 atom stereocenters. The van der Waals surface area contributed by atoms with Crippen LogP contribution in [0, 0.1) is 0 Å². The highest BCUT2D eigenvalue weighted by Crippen LogP contribution is 2.26. The van der Waals surface area contributed by atoms with Crippen LogP contribution in [0.25, 0.3) is 0 Å². The minimum absolute atomic E-state index is 0.00602. The molecule has 0 aliphatic carbocycles. The zero-order valence-corrected chi connectivity index (χ0v) is 15.2. The van der Waals surface area contributed by atoms with Gasteiger partial charge >= 0.3 is 6.36 Å². The van der Waals surface area contributed by atoms with Crippen LogP contribution in [0.2, 0.25) is 0 Å². The maximum Gasteiger partial charge on any atom is 0.573 e. The third-order valence-corrected chi connectivity index (χ3v) is 5.82. The van der Waals surface area contributed by atoms with E-state index in [0.29, 0.717) is 12.8 Å². The van der Waals surface area contributed by atoms with Crippen LogP contribution >= 0.6 is 11.3 Å². The van der Waals surface area contributed by atoms with Crippen LogP contribution in [0.3, 0.4) is 0 Å². The predicted molar refractivity (Wildman–Crippen MR) is 91.7 cm³/mol. The number of hydrogen-bond acceptors (Lipinski definition) is 5. The molecular weight excluding hydrogens is 391 g/mol. The van der Waals surface area contributed by atoms with Gasteiger partial charge in [0.2, 0.25) is 10.0 Å². The molecular formula is C16H18F3NO4S2. The number of ether oxygens (including phenoxy) is 1. The second-order valence-electron chi connectivity index (χ2n) is 5.47. The van der Waals surface area contributed by atoms with Gasteiger partial charge in [0, 0.05) is 13.2 Å². The van der Waals surface area contributed by atoms with E-state index in [0.717, 1.165) is 29.8 Å². The lowest BCUT2D eigenvalue weighted by Gasteiger charge is -2.15. The van der Waals surface area contributed by atoms with Gasteiger partial charge in [-0.2, -0.15) is 11.3 Å². The number of sulfonamides is 1. The average molecular weight is 409 g/mol. The zero-order chi connectivity index (χ0) is 19.2. The molecule has 0 amide bonds. The molecule has 0 radical (unpaired) electrons. The number of alkyl halides is 3. The molecule has 5 nitrogen and oxygen atoms in total. The molecule has 0 aliphatic heterocycles. The van der Waals surface area contributed by atoms with Crippen LogP contribution in [0.5, 0.6) is 5.75 Å². The van der Waals surface area contributed by atoms with Gasteiger partial charge in [0.15, 0.2) is 0 Å². The largest absolute Gasteiger partial charge is 0.573 e. The summed E-state index contributed by atoms with van der Waals surface area (Å²) in [6.45, 7) is 0.136. The summed E-state index contributed by atoms with van der Waals surface area (Å²) in [5, 5.41) is 13.0. The van der Waals surface area contributed by atoms with Gasteiger partial charge in [-0.1, -0.05) is 0 Å². The molecule has 10 heteroatoms. The van der Waals surface area contributed by atoms with Gasteiger partial charge in [-0.3, -0.25) is 0 Å². The maximum absolute atomic E-state index is 12.2. The molecule has 1 heterocycles. The molecule has 0 fully saturated rings. The van der Waals surface area contributed by atoms with Crippen molar-refractivity contribution in [2.45, 2.75) is 30.0 Å². The first-order valence-electron chi connectivity index (χ1n) is 7.70. The Balaban J connectivity index is 1.95. The molecule has 1 aromatic heterocycles. The number of thiophene rings is 1. The fraction of sp³-hybridized carbons (Fsp3) is 0.375. The highest BCUT2D eigenvalue weighted by atomic mass is 32.2. The molecule has 1 aromatic carbocycles.